The molecule has 1 saturated heterocycles. The molecule has 0 aromatic carbocycles. The molecule has 1 aliphatic heterocycles. The lowest BCUT2D eigenvalue weighted by Gasteiger charge is -2.32. The number of nitrogens with zero attached hydrogens (tertiary/aromatic N) is 4. The third-order valence-electron chi connectivity index (χ3n) is 4.42. The van der Waals surface area contributed by atoms with E-state index in [1.165, 1.54) is 0 Å². The van der Waals surface area contributed by atoms with Crippen LogP contribution in [-0.2, 0) is 11.2 Å². The second-order valence-electron chi connectivity index (χ2n) is 6.13. The third-order valence-corrected chi connectivity index (χ3v) is 4.42. The monoisotopic (exact) mass is 335 g/mol. The van der Waals surface area contributed by atoms with Crippen molar-refractivity contribution >= 4 is 17.9 Å². The number of primary amides is 1. The van der Waals surface area contributed by atoms with E-state index in [0.29, 0.717) is 12.5 Å². The molecule has 0 unspecified atom stereocenters. The molecule has 24 heavy (non-hydrogen) atoms. The zero-order valence-corrected chi connectivity index (χ0v) is 14.0. The molecule has 1 aromatic heterocycles. The quantitative estimate of drug-likeness (QED) is 0.772. The molecular formula is C16H25N5O3. The van der Waals surface area contributed by atoms with Crippen molar-refractivity contribution in [1.29, 1.82) is 0 Å². The Balaban J connectivity index is 1.79. The van der Waals surface area contributed by atoms with Crippen molar-refractivity contribution in [1.82, 2.24) is 14.9 Å². The number of aryl methyl sites for hydroxylation is 1. The van der Waals surface area contributed by atoms with Gasteiger partial charge in [-0.1, -0.05) is 6.92 Å². The lowest BCUT2D eigenvalue weighted by molar-refractivity contribution is -0.118. The van der Waals surface area contributed by atoms with Crippen LogP contribution in [0, 0.1) is 5.92 Å². The number of hydrogen-bond acceptors (Lipinski definition) is 5. The van der Waals surface area contributed by atoms with Crippen molar-refractivity contribution in [2.75, 3.05) is 31.1 Å². The number of carbonyl (C=O) groups excluding carboxylic acids is 1. The molecule has 8 nitrogen and oxygen atoms in total. The predicted molar refractivity (Wildman–Crippen MR) is 89.8 cm³/mol. The average Bonchev–Trinajstić information content (AvgIpc) is 2.58. The van der Waals surface area contributed by atoms with E-state index in [9.17, 15) is 9.59 Å². The van der Waals surface area contributed by atoms with E-state index < -0.39 is 12.0 Å². The topological polar surface area (TPSA) is 113 Å². The summed E-state index contributed by atoms with van der Waals surface area (Å²) in [6, 6.07) is 0. The normalized spacial score (nSPS) is 15.3. The van der Waals surface area contributed by atoms with Crippen molar-refractivity contribution in [3.05, 3.63) is 18.0 Å². The summed E-state index contributed by atoms with van der Waals surface area (Å²) < 4.78 is 0. The van der Waals surface area contributed by atoms with Gasteiger partial charge in [0.1, 0.15) is 6.54 Å². The highest BCUT2D eigenvalue weighted by Crippen LogP contribution is 2.23. The summed E-state index contributed by atoms with van der Waals surface area (Å²) >= 11 is 0. The molecule has 8 heteroatoms. The average molecular weight is 335 g/mol. The van der Waals surface area contributed by atoms with E-state index in [0.717, 1.165) is 55.2 Å². The Morgan fingerprint density at radius 1 is 1.33 bits per heavy atom. The molecule has 0 radical (unpaired) electrons. The van der Waals surface area contributed by atoms with Gasteiger partial charge in [0.25, 0.3) is 0 Å². The molecular weight excluding hydrogens is 310 g/mol. The van der Waals surface area contributed by atoms with Gasteiger partial charge in [-0.15, -0.1) is 0 Å². The molecule has 1 aliphatic rings. The second-order valence-corrected chi connectivity index (χ2v) is 6.13. The number of amides is 2. The summed E-state index contributed by atoms with van der Waals surface area (Å²) in [6.45, 7) is 3.89. The molecule has 0 bridgehead atoms. The van der Waals surface area contributed by atoms with Gasteiger partial charge in [-0.25, -0.2) is 14.8 Å². The van der Waals surface area contributed by atoms with Crippen molar-refractivity contribution in [3.8, 4) is 0 Å². The minimum Gasteiger partial charge on any atom is -0.465 e. The summed E-state index contributed by atoms with van der Waals surface area (Å²) in [5.41, 5.74) is 6.20. The van der Waals surface area contributed by atoms with Crippen LogP contribution in [0.2, 0.25) is 0 Å². The smallest absolute Gasteiger partial charge is 0.407 e. The predicted octanol–water partition coefficient (Wildman–Crippen LogP) is 1.11. The van der Waals surface area contributed by atoms with E-state index in [-0.39, 0.29) is 6.54 Å². The molecule has 0 saturated carbocycles. The zero-order valence-electron chi connectivity index (χ0n) is 14.0. The van der Waals surface area contributed by atoms with Gasteiger partial charge in [0, 0.05) is 32.0 Å². The largest absolute Gasteiger partial charge is 0.465 e. The minimum absolute atomic E-state index is 0.244. The van der Waals surface area contributed by atoms with Crippen LogP contribution in [0.25, 0.3) is 0 Å². The Bertz CT molecular complexity index is 555. The van der Waals surface area contributed by atoms with Crippen LogP contribution in [0.1, 0.15) is 31.7 Å². The maximum atomic E-state index is 11.1. The van der Waals surface area contributed by atoms with Gasteiger partial charge in [0.05, 0.1) is 0 Å². The van der Waals surface area contributed by atoms with Crippen LogP contribution in [0.5, 0.6) is 0 Å². The summed E-state index contributed by atoms with van der Waals surface area (Å²) in [4.78, 5) is 34.1. The maximum Gasteiger partial charge on any atom is 0.407 e. The van der Waals surface area contributed by atoms with Crippen LogP contribution in [0.15, 0.2) is 12.4 Å². The number of rotatable bonds is 7. The molecule has 0 atom stereocenters. The van der Waals surface area contributed by atoms with E-state index in [4.69, 9.17) is 10.8 Å². The van der Waals surface area contributed by atoms with Gasteiger partial charge in [-0.3, -0.25) is 9.69 Å². The number of hydrogen-bond donors (Lipinski definition) is 2. The molecule has 2 rings (SSSR count). The molecule has 0 spiro atoms. The fraction of sp³-hybridized carbons (Fsp3) is 0.625. The van der Waals surface area contributed by atoms with Gasteiger partial charge in [0.2, 0.25) is 11.9 Å². The Labute approximate surface area is 141 Å². The highest BCUT2D eigenvalue weighted by atomic mass is 16.4. The van der Waals surface area contributed by atoms with E-state index in [1.54, 1.807) is 0 Å². The van der Waals surface area contributed by atoms with E-state index in [1.807, 2.05) is 12.4 Å². The van der Waals surface area contributed by atoms with Crippen molar-refractivity contribution in [2.24, 2.45) is 11.7 Å². The van der Waals surface area contributed by atoms with Crippen LogP contribution >= 0.6 is 0 Å². The molecule has 2 heterocycles. The standard InChI is InChI=1S/C16H25N5O3/c1-2-12-9-18-15(19-10-12)20-6-3-13(4-7-20)5-8-21(16(23)24)11-14(17)22/h9-10,13H,2-8,11H2,1H3,(H2,17,22)(H,23,24). The Hall–Kier alpha value is -2.38. The molecule has 2 amide bonds. The minimum atomic E-state index is -1.10. The first-order valence-corrected chi connectivity index (χ1v) is 8.31. The summed E-state index contributed by atoms with van der Waals surface area (Å²) in [6.07, 6.45) is 6.21. The number of carbonyl (C=O) groups is 2. The SMILES string of the molecule is CCc1cnc(N2CCC(CCN(CC(N)=O)C(=O)O)CC2)nc1. The molecule has 0 aliphatic carbocycles. The number of nitrogens with two attached hydrogens (primary N) is 1. The highest BCUT2D eigenvalue weighted by Gasteiger charge is 2.23. The van der Waals surface area contributed by atoms with E-state index >= 15 is 0 Å². The third kappa shape index (κ3) is 5.07. The van der Waals surface area contributed by atoms with Gasteiger partial charge in [-0.2, -0.15) is 0 Å². The van der Waals surface area contributed by atoms with Gasteiger partial charge >= 0.3 is 6.09 Å². The Morgan fingerprint density at radius 2 is 1.96 bits per heavy atom. The highest BCUT2D eigenvalue weighted by molar-refractivity contribution is 5.80. The summed E-state index contributed by atoms with van der Waals surface area (Å²) in [5.74, 6) is 0.567. The van der Waals surface area contributed by atoms with Crippen LogP contribution in [-0.4, -0.2) is 58.2 Å². The molecule has 1 fully saturated rings. The van der Waals surface area contributed by atoms with Crippen molar-refractivity contribution in [2.45, 2.75) is 32.6 Å². The Morgan fingerprint density at radius 3 is 2.46 bits per heavy atom. The summed E-state index contributed by atoms with van der Waals surface area (Å²) in [7, 11) is 0. The maximum absolute atomic E-state index is 11.1. The van der Waals surface area contributed by atoms with Gasteiger partial charge < -0.3 is 15.7 Å². The summed E-state index contributed by atoms with van der Waals surface area (Å²) in [5, 5.41) is 9.08. The fourth-order valence-electron chi connectivity index (χ4n) is 2.88. The van der Waals surface area contributed by atoms with Gasteiger partial charge in [-0.05, 0) is 37.2 Å². The molecule has 3 N–H and O–H groups in total. The molecule has 132 valence electrons. The molecule has 1 aromatic rings. The van der Waals surface area contributed by atoms with Crippen LogP contribution < -0.4 is 10.6 Å². The van der Waals surface area contributed by atoms with Crippen LogP contribution in [0.4, 0.5) is 10.7 Å². The lowest BCUT2D eigenvalue weighted by atomic mass is 9.93. The fourth-order valence-corrected chi connectivity index (χ4v) is 2.88. The van der Waals surface area contributed by atoms with E-state index in [2.05, 4.69) is 21.8 Å². The first kappa shape index (κ1) is 18.0. The lowest BCUT2D eigenvalue weighted by Crippen LogP contribution is -2.40. The first-order valence-electron chi connectivity index (χ1n) is 8.31. The number of piperidine rings is 1. The van der Waals surface area contributed by atoms with Crippen molar-refractivity contribution in [3.63, 3.8) is 0 Å². The Kier molecular flexibility index (Phi) is 6.34. The number of aromatic nitrogens is 2. The van der Waals surface area contributed by atoms with Gasteiger partial charge in [0.15, 0.2) is 0 Å². The van der Waals surface area contributed by atoms with Crippen LogP contribution in [0.3, 0.4) is 0 Å². The van der Waals surface area contributed by atoms with Crippen molar-refractivity contribution < 1.29 is 14.7 Å². The number of anilines is 1. The second kappa shape index (κ2) is 8.47. The number of carboxylic acid groups (broad SMARTS) is 1. The zero-order chi connectivity index (χ0) is 17.5. The first-order chi connectivity index (χ1) is 11.5.